The molecule has 1 aliphatic carbocycles. The fraction of sp³-hybridized carbons (Fsp3) is 0.368. The Hall–Kier alpha value is -2.76. The summed E-state index contributed by atoms with van der Waals surface area (Å²) in [5.74, 6) is 0.909. The van der Waals surface area contributed by atoms with Gasteiger partial charge in [-0.2, -0.15) is 0 Å². The second kappa shape index (κ2) is 8.37. The fourth-order valence-electron chi connectivity index (χ4n) is 3.00. The minimum Gasteiger partial charge on any atom is -0.467 e. The van der Waals surface area contributed by atoms with Gasteiger partial charge in [-0.3, -0.25) is 4.79 Å². The van der Waals surface area contributed by atoms with E-state index in [4.69, 9.17) is 4.42 Å². The maximum absolute atomic E-state index is 12.2. The monoisotopic (exact) mass is 341 g/mol. The van der Waals surface area contributed by atoms with Gasteiger partial charge in [0.15, 0.2) is 0 Å². The Labute approximate surface area is 147 Å². The first kappa shape index (κ1) is 17.1. The van der Waals surface area contributed by atoms with E-state index in [2.05, 4.69) is 16.0 Å². The van der Waals surface area contributed by atoms with Gasteiger partial charge in [-0.25, -0.2) is 4.79 Å². The van der Waals surface area contributed by atoms with Crippen molar-refractivity contribution in [2.75, 3.05) is 10.6 Å². The van der Waals surface area contributed by atoms with Gasteiger partial charge in [-0.15, -0.1) is 0 Å². The maximum atomic E-state index is 12.2. The van der Waals surface area contributed by atoms with Crippen molar-refractivity contribution in [1.29, 1.82) is 0 Å². The van der Waals surface area contributed by atoms with Crippen LogP contribution in [0.1, 0.15) is 37.9 Å². The second-order valence-electron chi connectivity index (χ2n) is 6.29. The number of nitrogens with one attached hydrogen (secondary N) is 3. The van der Waals surface area contributed by atoms with Crippen LogP contribution in [0, 0.1) is 5.92 Å². The Balaban J connectivity index is 1.46. The van der Waals surface area contributed by atoms with E-state index >= 15 is 0 Å². The summed E-state index contributed by atoms with van der Waals surface area (Å²) in [6, 6.07) is 10.4. The lowest BCUT2D eigenvalue weighted by Crippen LogP contribution is -2.28. The van der Waals surface area contributed by atoms with Gasteiger partial charge in [-0.1, -0.05) is 19.3 Å². The van der Waals surface area contributed by atoms with E-state index in [1.807, 2.05) is 0 Å². The smallest absolute Gasteiger partial charge is 0.319 e. The van der Waals surface area contributed by atoms with Crippen molar-refractivity contribution in [2.45, 2.75) is 38.6 Å². The predicted molar refractivity (Wildman–Crippen MR) is 96.2 cm³/mol. The Kier molecular flexibility index (Phi) is 5.72. The molecule has 25 heavy (non-hydrogen) atoms. The molecule has 6 heteroatoms. The van der Waals surface area contributed by atoms with E-state index in [-0.39, 0.29) is 17.9 Å². The number of carbonyl (C=O) groups excluding carboxylic acids is 2. The number of carbonyl (C=O) groups is 2. The third kappa shape index (κ3) is 5.11. The van der Waals surface area contributed by atoms with Gasteiger partial charge in [0.25, 0.3) is 0 Å². The first-order valence-corrected chi connectivity index (χ1v) is 8.69. The van der Waals surface area contributed by atoms with Crippen LogP contribution in [-0.2, 0) is 11.3 Å². The first-order chi connectivity index (χ1) is 12.2. The van der Waals surface area contributed by atoms with E-state index < -0.39 is 0 Å². The Morgan fingerprint density at radius 2 is 1.64 bits per heavy atom. The van der Waals surface area contributed by atoms with Crippen LogP contribution < -0.4 is 16.0 Å². The van der Waals surface area contributed by atoms with Crippen LogP contribution in [0.15, 0.2) is 47.1 Å². The van der Waals surface area contributed by atoms with Crippen LogP contribution in [-0.4, -0.2) is 11.9 Å². The SMILES string of the molecule is O=C(NCc1ccco1)Nc1ccc(NC(=O)C2CCCCC2)cc1. The third-order valence-corrected chi connectivity index (χ3v) is 4.39. The molecule has 0 atom stereocenters. The number of rotatable bonds is 5. The molecule has 132 valence electrons. The summed E-state index contributed by atoms with van der Waals surface area (Å²) < 4.78 is 5.15. The summed E-state index contributed by atoms with van der Waals surface area (Å²) in [5, 5.41) is 8.41. The highest BCUT2D eigenvalue weighted by Gasteiger charge is 2.20. The predicted octanol–water partition coefficient (Wildman–Crippen LogP) is 4.12. The summed E-state index contributed by atoms with van der Waals surface area (Å²) in [5.41, 5.74) is 1.41. The molecule has 3 amide bonds. The normalized spacial score (nSPS) is 14.7. The van der Waals surface area contributed by atoms with Crippen molar-refractivity contribution in [3.05, 3.63) is 48.4 Å². The van der Waals surface area contributed by atoms with Crippen LogP contribution in [0.5, 0.6) is 0 Å². The highest BCUT2D eigenvalue weighted by Crippen LogP contribution is 2.25. The molecule has 1 aromatic heterocycles. The van der Waals surface area contributed by atoms with Gasteiger partial charge < -0.3 is 20.4 Å². The molecule has 0 radical (unpaired) electrons. The highest BCUT2D eigenvalue weighted by molar-refractivity contribution is 5.93. The molecule has 1 heterocycles. The molecule has 3 N–H and O–H groups in total. The highest BCUT2D eigenvalue weighted by atomic mass is 16.3. The minimum atomic E-state index is -0.310. The number of amides is 3. The zero-order chi connectivity index (χ0) is 17.5. The average molecular weight is 341 g/mol. The molecule has 0 aliphatic heterocycles. The van der Waals surface area contributed by atoms with E-state index in [0.717, 1.165) is 31.4 Å². The molecule has 1 aromatic carbocycles. The number of furan rings is 1. The molecular formula is C19H23N3O3. The number of hydrogen-bond donors (Lipinski definition) is 3. The van der Waals surface area contributed by atoms with E-state index in [9.17, 15) is 9.59 Å². The molecule has 1 aliphatic rings. The fourth-order valence-corrected chi connectivity index (χ4v) is 3.00. The Morgan fingerprint density at radius 3 is 2.28 bits per heavy atom. The lowest BCUT2D eigenvalue weighted by Gasteiger charge is -2.20. The van der Waals surface area contributed by atoms with Gasteiger partial charge >= 0.3 is 6.03 Å². The molecule has 0 bridgehead atoms. The summed E-state index contributed by atoms with van der Waals surface area (Å²) in [4.78, 5) is 24.1. The zero-order valence-electron chi connectivity index (χ0n) is 14.1. The Morgan fingerprint density at radius 1 is 0.960 bits per heavy atom. The van der Waals surface area contributed by atoms with Crippen LogP contribution >= 0.6 is 0 Å². The molecular weight excluding hydrogens is 318 g/mol. The number of urea groups is 1. The molecule has 0 spiro atoms. The third-order valence-electron chi connectivity index (χ3n) is 4.39. The molecule has 1 fully saturated rings. The van der Waals surface area contributed by atoms with Crippen molar-refractivity contribution >= 4 is 23.3 Å². The van der Waals surface area contributed by atoms with Gasteiger partial charge in [0.1, 0.15) is 5.76 Å². The molecule has 1 saturated carbocycles. The average Bonchev–Trinajstić information content (AvgIpc) is 3.16. The number of benzene rings is 1. The molecule has 6 nitrogen and oxygen atoms in total. The van der Waals surface area contributed by atoms with Gasteiger partial charge in [0.2, 0.25) is 5.91 Å². The summed E-state index contributed by atoms with van der Waals surface area (Å²) in [6.45, 7) is 0.328. The largest absolute Gasteiger partial charge is 0.467 e. The molecule has 0 saturated heterocycles. The lowest BCUT2D eigenvalue weighted by molar-refractivity contribution is -0.120. The van der Waals surface area contributed by atoms with E-state index in [1.54, 1.807) is 42.7 Å². The summed E-state index contributed by atoms with van der Waals surface area (Å²) in [6.07, 6.45) is 7.01. The minimum absolute atomic E-state index is 0.0941. The maximum Gasteiger partial charge on any atom is 0.319 e. The lowest BCUT2D eigenvalue weighted by atomic mass is 9.88. The molecule has 2 aromatic rings. The van der Waals surface area contributed by atoms with Crippen LogP contribution in [0.2, 0.25) is 0 Å². The standard InChI is InChI=1S/C19H23N3O3/c23-18(14-5-2-1-3-6-14)21-15-8-10-16(11-9-15)22-19(24)20-13-17-7-4-12-25-17/h4,7-12,14H,1-3,5-6,13H2,(H,21,23)(H2,20,22,24). The topological polar surface area (TPSA) is 83.4 Å². The van der Waals surface area contributed by atoms with E-state index in [1.165, 1.54) is 6.42 Å². The summed E-state index contributed by atoms with van der Waals surface area (Å²) >= 11 is 0. The number of hydrogen-bond acceptors (Lipinski definition) is 3. The first-order valence-electron chi connectivity index (χ1n) is 8.69. The van der Waals surface area contributed by atoms with Crippen molar-refractivity contribution in [3.63, 3.8) is 0 Å². The number of anilines is 2. The molecule has 0 unspecified atom stereocenters. The van der Waals surface area contributed by atoms with Crippen molar-refractivity contribution < 1.29 is 14.0 Å². The van der Waals surface area contributed by atoms with Crippen molar-refractivity contribution in [3.8, 4) is 0 Å². The second-order valence-corrected chi connectivity index (χ2v) is 6.29. The van der Waals surface area contributed by atoms with Gasteiger partial charge in [0, 0.05) is 17.3 Å². The van der Waals surface area contributed by atoms with Crippen LogP contribution in [0.25, 0.3) is 0 Å². The van der Waals surface area contributed by atoms with Crippen molar-refractivity contribution in [2.24, 2.45) is 5.92 Å². The summed E-state index contributed by atoms with van der Waals surface area (Å²) in [7, 11) is 0. The quantitative estimate of drug-likeness (QED) is 0.765. The van der Waals surface area contributed by atoms with Crippen LogP contribution in [0.4, 0.5) is 16.2 Å². The zero-order valence-corrected chi connectivity index (χ0v) is 14.1. The molecule has 3 rings (SSSR count). The van der Waals surface area contributed by atoms with Gasteiger partial charge in [0.05, 0.1) is 12.8 Å². The van der Waals surface area contributed by atoms with Gasteiger partial charge in [-0.05, 0) is 49.2 Å². The Bertz CT molecular complexity index is 689. The van der Waals surface area contributed by atoms with Crippen molar-refractivity contribution in [1.82, 2.24) is 5.32 Å². The van der Waals surface area contributed by atoms with E-state index in [0.29, 0.717) is 18.0 Å². The van der Waals surface area contributed by atoms with Crippen LogP contribution in [0.3, 0.4) is 0 Å².